The standard InChI is InChI=1S/C26H29N3O4S/c1-28-13-15-29(16-14-28)24(22-9-12-25-26(17-22)33-19-32-25)18-27-34(30,31)23-10-7-21(8-11-23)20-5-3-2-4-6-20/h2-12,17,24,27H,13-16,18-19H2,1H3/t24-/m1/s1. The topological polar surface area (TPSA) is 71.1 Å². The molecule has 2 aliphatic heterocycles. The maximum atomic E-state index is 13.2. The van der Waals surface area contributed by atoms with Gasteiger partial charge >= 0.3 is 0 Å². The normalized spacial score (nSPS) is 17.6. The Morgan fingerprint density at radius 1 is 0.853 bits per heavy atom. The molecule has 0 unspecified atom stereocenters. The van der Waals surface area contributed by atoms with Crippen LogP contribution in [0.5, 0.6) is 11.5 Å². The molecule has 5 rings (SSSR count). The van der Waals surface area contributed by atoms with Gasteiger partial charge in [-0.2, -0.15) is 0 Å². The summed E-state index contributed by atoms with van der Waals surface area (Å²) in [5.41, 5.74) is 3.04. The smallest absolute Gasteiger partial charge is 0.240 e. The minimum absolute atomic E-state index is 0.110. The molecule has 0 saturated carbocycles. The number of likely N-dealkylation sites (N-methyl/N-ethyl adjacent to an activating group) is 1. The number of benzene rings is 3. The van der Waals surface area contributed by atoms with E-state index in [2.05, 4.69) is 21.6 Å². The Bertz CT molecular complexity index is 1220. The first-order chi connectivity index (χ1) is 16.5. The van der Waals surface area contributed by atoms with E-state index in [0.29, 0.717) is 5.75 Å². The van der Waals surface area contributed by atoms with Gasteiger partial charge in [-0.1, -0.05) is 48.5 Å². The molecule has 178 valence electrons. The first-order valence-corrected chi connectivity index (χ1v) is 13.0. The van der Waals surface area contributed by atoms with Crippen molar-refractivity contribution < 1.29 is 17.9 Å². The highest BCUT2D eigenvalue weighted by Crippen LogP contribution is 2.35. The minimum atomic E-state index is -3.67. The Balaban J connectivity index is 1.35. The van der Waals surface area contributed by atoms with Crippen LogP contribution >= 0.6 is 0 Å². The predicted octanol–water partition coefficient (Wildman–Crippen LogP) is 3.35. The number of piperazine rings is 1. The molecular formula is C26H29N3O4S. The quantitative estimate of drug-likeness (QED) is 0.561. The molecule has 2 aliphatic rings. The van der Waals surface area contributed by atoms with E-state index >= 15 is 0 Å². The zero-order valence-corrected chi connectivity index (χ0v) is 20.0. The highest BCUT2D eigenvalue weighted by atomic mass is 32.2. The monoisotopic (exact) mass is 479 g/mol. The van der Waals surface area contributed by atoms with Crippen LogP contribution < -0.4 is 14.2 Å². The van der Waals surface area contributed by atoms with E-state index in [4.69, 9.17) is 9.47 Å². The van der Waals surface area contributed by atoms with Crippen LogP contribution in [0.25, 0.3) is 11.1 Å². The summed E-state index contributed by atoms with van der Waals surface area (Å²) in [6, 6.07) is 22.7. The molecule has 0 aliphatic carbocycles. The zero-order chi connectivity index (χ0) is 23.5. The van der Waals surface area contributed by atoms with Gasteiger partial charge < -0.3 is 14.4 Å². The molecule has 3 aromatic rings. The summed E-state index contributed by atoms with van der Waals surface area (Å²) in [5.74, 6) is 1.43. The Morgan fingerprint density at radius 2 is 1.53 bits per heavy atom. The molecule has 1 N–H and O–H groups in total. The minimum Gasteiger partial charge on any atom is -0.454 e. The maximum absolute atomic E-state index is 13.2. The summed E-state index contributed by atoms with van der Waals surface area (Å²) < 4.78 is 40.2. The predicted molar refractivity (Wildman–Crippen MR) is 131 cm³/mol. The van der Waals surface area contributed by atoms with E-state index in [1.807, 2.05) is 60.7 Å². The van der Waals surface area contributed by atoms with Crippen molar-refractivity contribution in [2.75, 3.05) is 46.6 Å². The zero-order valence-electron chi connectivity index (χ0n) is 19.2. The van der Waals surface area contributed by atoms with Crippen LogP contribution in [0.15, 0.2) is 77.7 Å². The number of hydrogen-bond donors (Lipinski definition) is 1. The Kier molecular flexibility index (Phi) is 6.56. The van der Waals surface area contributed by atoms with Crippen molar-refractivity contribution in [3.8, 4) is 22.6 Å². The van der Waals surface area contributed by atoms with E-state index in [9.17, 15) is 8.42 Å². The Hall–Kier alpha value is -2.91. The van der Waals surface area contributed by atoms with Crippen LogP contribution in [-0.4, -0.2) is 64.8 Å². The average molecular weight is 480 g/mol. The maximum Gasteiger partial charge on any atom is 0.240 e. The summed E-state index contributed by atoms with van der Waals surface area (Å²) in [7, 11) is -1.56. The lowest BCUT2D eigenvalue weighted by molar-refractivity contribution is 0.112. The van der Waals surface area contributed by atoms with E-state index < -0.39 is 10.0 Å². The van der Waals surface area contributed by atoms with Crippen LogP contribution in [0.1, 0.15) is 11.6 Å². The van der Waals surface area contributed by atoms with Gasteiger partial charge in [-0.3, -0.25) is 4.90 Å². The fourth-order valence-electron chi connectivity index (χ4n) is 4.44. The number of sulfonamides is 1. The number of hydrogen-bond acceptors (Lipinski definition) is 6. The van der Waals surface area contributed by atoms with Crippen LogP contribution in [-0.2, 0) is 10.0 Å². The highest BCUT2D eigenvalue weighted by molar-refractivity contribution is 7.89. The van der Waals surface area contributed by atoms with Crippen molar-refractivity contribution in [2.24, 2.45) is 0 Å². The largest absolute Gasteiger partial charge is 0.454 e. The van der Waals surface area contributed by atoms with Crippen LogP contribution in [0.4, 0.5) is 0 Å². The van der Waals surface area contributed by atoms with Gasteiger partial charge in [0, 0.05) is 38.8 Å². The highest BCUT2D eigenvalue weighted by Gasteiger charge is 2.27. The summed E-state index contributed by atoms with van der Waals surface area (Å²) in [4.78, 5) is 4.87. The Morgan fingerprint density at radius 3 is 2.26 bits per heavy atom. The summed E-state index contributed by atoms with van der Waals surface area (Å²) in [6.07, 6.45) is 0. The second-order valence-electron chi connectivity index (χ2n) is 8.71. The average Bonchev–Trinajstić information content (AvgIpc) is 3.34. The molecule has 7 nitrogen and oxygen atoms in total. The lowest BCUT2D eigenvalue weighted by Gasteiger charge is -2.38. The number of rotatable bonds is 7. The van der Waals surface area contributed by atoms with Gasteiger partial charge in [0.15, 0.2) is 11.5 Å². The van der Waals surface area contributed by atoms with E-state index in [1.54, 1.807) is 12.1 Å². The third-order valence-corrected chi connectivity index (χ3v) is 7.94. The number of ether oxygens (including phenoxy) is 2. The molecular weight excluding hydrogens is 450 g/mol. The molecule has 1 fully saturated rings. The molecule has 0 spiro atoms. The van der Waals surface area contributed by atoms with Gasteiger partial charge in [-0.25, -0.2) is 13.1 Å². The lowest BCUT2D eigenvalue weighted by Crippen LogP contribution is -2.48. The van der Waals surface area contributed by atoms with Gasteiger partial charge in [0.1, 0.15) is 0 Å². The fourth-order valence-corrected chi connectivity index (χ4v) is 5.48. The summed E-state index contributed by atoms with van der Waals surface area (Å²) in [5, 5.41) is 0. The molecule has 34 heavy (non-hydrogen) atoms. The molecule has 1 atom stereocenters. The molecule has 3 aromatic carbocycles. The van der Waals surface area contributed by atoms with Gasteiger partial charge in [-0.15, -0.1) is 0 Å². The van der Waals surface area contributed by atoms with Gasteiger partial charge in [0.05, 0.1) is 4.90 Å². The number of nitrogens with one attached hydrogen (secondary N) is 1. The van der Waals surface area contributed by atoms with E-state index in [0.717, 1.165) is 48.6 Å². The van der Waals surface area contributed by atoms with Crippen molar-refractivity contribution in [1.82, 2.24) is 14.5 Å². The Labute approximate surface area is 201 Å². The number of fused-ring (bicyclic) bond motifs is 1. The van der Waals surface area contributed by atoms with Crippen LogP contribution in [0.2, 0.25) is 0 Å². The SMILES string of the molecule is CN1CCN([C@H](CNS(=O)(=O)c2ccc(-c3ccccc3)cc2)c2ccc3c(c2)OCO3)CC1. The molecule has 1 saturated heterocycles. The summed E-state index contributed by atoms with van der Waals surface area (Å²) in [6.45, 7) is 4.09. The van der Waals surface area contributed by atoms with Crippen LogP contribution in [0, 0.1) is 0 Å². The van der Waals surface area contributed by atoms with Crippen molar-refractivity contribution in [2.45, 2.75) is 10.9 Å². The molecule has 2 heterocycles. The van der Waals surface area contributed by atoms with Gasteiger partial charge in [-0.05, 0) is 48.0 Å². The van der Waals surface area contributed by atoms with Crippen molar-refractivity contribution >= 4 is 10.0 Å². The van der Waals surface area contributed by atoms with Crippen molar-refractivity contribution in [3.05, 3.63) is 78.4 Å². The lowest BCUT2D eigenvalue weighted by atomic mass is 10.0. The number of nitrogens with zero attached hydrogens (tertiary/aromatic N) is 2. The molecule has 8 heteroatoms. The molecule has 0 radical (unpaired) electrons. The second kappa shape index (κ2) is 9.76. The third kappa shape index (κ3) is 4.95. The van der Waals surface area contributed by atoms with Crippen molar-refractivity contribution in [1.29, 1.82) is 0 Å². The van der Waals surface area contributed by atoms with E-state index in [-0.39, 0.29) is 24.3 Å². The van der Waals surface area contributed by atoms with Gasteiger partial charge in [0.25, 0.3) is 0 Å². The molecule has 0 aromatic heterocycles. The van der Waals surface area contributed by atoms with Crippen LogP contribution in [0.3, 0.4) is 0 Å². The second-order valence-corrected chi connectivity index (χ2v) is 10.5. The molecule has 0 bridgehead atoms. The summed E-state index contributed by atoms with van der Waals surface area (Å²) >= 11 is 0. The van der Waals surface area contributed by atoms with Crippen molar-refractivity contribution in [3.63, 3.8) is 0 Å². The van der Waals surface area contributed by atoms with E-state index in [1.165, 1.54) is 0 Å². The fraction of sp³-hybridized carbons (Fsp3) is 0.308. The molecule has 0 amide bonds. The first kappa shape index (κ1) is 22.9. The third-order valence-electron chi connectivity index (χ3n) is 6.50. The van der Waals surface area contributed by atoms with Gasteiger partial charge in [0.2, 0.25) is 16.8 Å². The first-order valence-electron chi connectivity index (χ1n) is 11.5.